The van der Waals surface area contributed by atoms with E-state index in [2.05, 4.69) is 10.3 Å². The largest absolute Gasteiger partial charge is 0.415 e. The fraction of sp³-hybridized carbons (Fsp3) is 0.481. The predicted molar refractivity (Wildman–Crippen MR) is 138 cm³/mol. The zero-order valence-corrected chi connectivity index (χ0v) is 21.6. The summed E-state index contributed by atoms with van der Waals surface area (Å²) in [6.45, 7) is 5.16. The van der Waals surface area contributed by atoms with Crippen molar-refractivity contribution in [1.82, 2.24) is 24.8 Å². The second-order valence-corrected chi connectivity index (χ2v) is 9.71. The van der Waals surface area contributed by atoms with E-state index in [-0.39, 0.29) is 37.6 Å². The Kier molecular flexibility index (Phi) is 8.73. The highest BCUT2D eigenvalue weighted by molar-refractivity contribution is 5.84. The molecule has 10 heteroatoms. The highest BCUT2D eigenvalue weighted by Gasteiger charge is 2.29. The van der Waals surface area contributed by atoms with Crippen molar-refractivity contribution in [3.8, 4) is 5.75 Å². The fourth-order valence-corrected chi connectivity index (χ4v) is 4.50. The molecule has 3 aromatic rings. The Morgan fingerprint density at radius 3 is 2.84 bits per heavy atom. The summed E-state index contributed by atoms with van der Waals surface area (Å²) in [7, 11) is 1.67. The third kappa shape index (κ3) is 6.64. The average Bonchev–Trinajstić information content (AvgIpc) is 3.35. The number of aliphatic hydroxyl groups excluding tert-OH is 1. The van der Waals surface area contributed by atoms with Crippen LogP contribution in [-0.2, 0) is 22.7 Å². The van der Waals surface area contributed by atoms with Gasteiger partial charge >= 0.3 is 6.09 Å². The predicted octanol–water partition coefficient (Wildman–Crippen LogP) is 3.09. The molecule has 2 aromatic carbocycles. The number of carbonyl (C=O) groups is 2. The Labute approximate surface area is 216 Å². The van der Waals surface area contributed by atoms with Gasteiger partial charge in [0.15, 0.2) is 0 Å². The molecule has 0 unspecified atom stereocenters. The lowest BCUT2D eigenvalue weighted by Gasteiger charge is -2.35. The van der Waals surface area contributed by atoms with E-state index in [1.807, 2.05) is 50.2 Å². The van der Waals surface area contributed by atoms with Gasteiger partial charge in [-0.15, -0.1) is 5.10 Å². The van der Waals surface area contributed by atoms with Crippen molar-refractivity contribution in [1.29, 1.82) is 0 Å². The molecule has 0 aliphatic carbocycles. The molecule has 1 aliphatic heterocycles. The van der Waals surface area contributed by atoms with E-state index in [4.69, 9.17) is 9.47 Å². The van der Waals surface area contributed by atoms with Gasteiger partial charge in [0.2, 0.25) is 5.91 Å². The number of carbonyl (C=O) groups excluding carboxylic acids is 2. The van der Waals surface area contributed by atoms with Crippen LogP contribution in [0, 0.1) is 5.92 Å². The van der Waals surface area contributed by atoms with Gasteiger partial charge in [-0.2, -0.15) is 0 Å². The van der Waals surface area contributed by atoms with Gasteiger partial charge in [-0.05, 0) is 36.2 Å². The number of aromatic nitrogens is 3. The minimum absolute atomic E-state index is 0.0292. The van der Waals surface area contributed by atoms with Crippen LogP contribution in [0.15, 0.2) is 48.7 Å². The number of aliphatic hydroxyl groups is 1. The Hall–Kier alpha value is -3.50. The molecule has 1 aliphatic rings. The second-order valence-electron chi connectivity index (χ2n) is 9.71. The fourth-order valence-electron chi connectivity index (χ4n) is 4.50. The lowest BCUT2D eigenvalue weighted by molar-refractivity contribution is -0.136. The number of fused-ring (bicyclic) bond motifs is 2. The monoisotopic (exact) mass is 509 g/mol. The van der Waals surface area contributed by atoms with E-state index >= 15 is 0 Å². The molecule has 0 fully saturated rings. The highest BCUT2D eigenvalue weighted by Crippen LogP contribution is 2.22. The van der Waals surface area contributed by atoms with Crippen LogP contribution >= 0.6 is 0 Å². The number of nitrogens with zero attached hydrogens (tertiary/aromatic N) is 5. The number of ether oxygens (including phenoxy) is 2. The number of likely N-dealkylation sites (N-methyl/N-ethyl adjacent to an activating group) is 1. The number of hydrogen-bond donors (Lipinski definition) is 1. The van der Waals surface area contributed by atoms with Crippen LogP contribution in [0.2, 0.25) is 0 Å². The van der Waals surface area contributed by atoms with Crippen molar-refractivity contribution in [2.45, 2.75) is 52.0 Å². The van der Waals surface area contributed by atoms with E-state index in [1.165, 1.54) is 4.90 Å². The number of rotatable bonds is 5. The van der Waals surface area contributed by atoms with Crippen molar-refractivity contribution in [2.75, 3.05) is 26.7 Å². The first-order valence-corrected chi connectivity index (χ1v) is 12.7. The molecule has 0 saturated heterocycles. The van der Waals surface area contributed by atoms with Crippen molar-refractivity contribution >= 4 is 22.8 Å². The Bertz CT molecular complexity index is 1210. The molecule has 0 radical (unpaired) electrons. The summed E-state index contributed by atoms with van der Waals surface area (Å²) in [5, 5.41) is 19.9. The molecule has 2 amide bonds. The number of benzene rings is 2. The zero-order valence-electron chi connectivity index (χ0n) is 21.6. The van der Waals surface area contributed by atoms with Crippen molar-refractivity contribution < 1.29 is 24.2 Å². The van der Waals surface area contributed by atoms with Crippen LogP contribution in [0.25, 0.3) is 10.8 Å². The lowest BCUT2D eigenvalue weighted by Crippen LogP contribution is -2.48. The van der Waals surface area contributed by atoms with Gasteiger partial charge < -0.3 is 24.4 Å². The lowest BCUT2D eigenvalue weighted by atomic mass is 10.0. The van der Waals surface area contributed by atoms with Crippen molar-refractivity contribution in [2.24, 2.45) is 5.92 Å². The van der Waals surface area contributed by atoms with Gasteiger partial charge in [0, 0.05) is 32.5 Å². The molecule has 0 spiro atoms. The first kappa shape index (κ1) is 26.6. The van der Waals surface area contributed by atoms with E-state index in [9.17, 15) is 14.7 Å². The van der Waals surface area contributed by atoms with Crippen molar-refractivity contribution in [3.05, 3.63) is 54.4 Å². The molecule has 2 heterocycles. The van der Waals surface area contributed by atoms with Gasteiger partial charge in [0.25, 0.3) is 0 Å². The zero-order chi connectivity index (χ0) is 26.4. The normalized spacial score (nSPS) is 20.0. The van der Waals surface area contributed by atoms with Crippen LogP contribution in [-0.4, -0.2) is 80.8 Å². The minimum atomic E-state index is -0.499. The molecule has 3 atom stereocenters. The molecule has 37 heavy (non-hydrogen) atoms. The molecule has 10 nitrogen and oxygen atoms in total. The quantitative estimate of drug-likeness (QED) is 0.563. The third-order valence-corrected chi connectivity index (χ3v) is 6.83. The number of amides is 2. The topological polar surface area (TPSA) is 110 Å². The number of aryl methyl sites for hydroxylation is 1. The van der Waals surface area contributed by atoms with Gasteiger partial charge in [0.1, 0.15) is 5.75 Å². The van der Waals surface area contributed by atoms with Crippen molar-refractivity contribution in [3.63, 3.8) is 0 Å². The van der Waals surface area contributed by atoms with E-state index < -0.39 is 12.2 Å². The molecular weight excluding hydrogens is 474 g/mol. The molecule has 198 valence electrons. The summed E-state index contributed by atoms with van der Waals surface area (Å²) < 4.78 is 13.7. The average molecular weight is 510 g/mol. The molecule has 0 bridgehead atoms. The van der Waals surface area contributed by atoms with E-state index in [0.29, 0.717) is 31.7 Å². The summed E-state index contributed by atoms with van der Waals surface area (Å²) in [5.74, 6) is 0.308. The summed E-state index contributed by atoms with van der Waals surface area (Å²) in [6, 6.07) is 13.1. The maximum atomic E-state index is 13.0. The van der Waals surface area contributed by atoms with Crippen LogP contribution in [0.1, 0.15) is 32.4 Å². The molecule has 1 aromatic heterocycles. The van der Waals surface area contributed by atoms with Crippen LogP contribution in [0.3, 0.4) is 0 Å². The Balaban J connectivity index is 1.49. The van der Waals surface area contributed by atoms with Gasteiger partial charge in [-0.3, -0.25) is 4.79 Å². The van der Waals surface area contributed by atoms with Gasteiger partial charge in [-0.25, -0.2) is 9.48 Å². The summed E-state index contributed by atoms with van der Waals surface area (Å²) >= 11 is 0. The molecule has 4 rings (SSSR count). The van der Waals surface area contributed by atoms with Gasteiger partial charge in [0.05, 0.1) is 43.8 Å². The molecular formula is C27H35N5O5. The van der Waals surface area contributed by atoms with Crippen LogP contribution < -0.4 is 4.74 Å². The summed E-state index contributed by atoms with van der Waals surface area (Å²) in [6.07, 6.45) is 1.72. The highest BCUT2D eigenvalue weighted by atomic mass is 16.6. The SMILES string of the molecule is C[C@@H]1CN([C@H](C)CO)C(=O)CCCn2nncc2CO[C@H]1CN(C)C(=O)Oc1ccc2ccccc2c1. The summed E-state index contributed by atoms with van der Waals surface area (Å²) in [4.78, 5) is 29.2. The van der Waals surface area contributed by atoms with Crippen LogP contribution in [0.4, 0.5) is 4.79 Å². The summed E-state index contributed by atoms with van der Waals surface area (Å²) in [5.41, 5.74) is 0.812. The standard InChI is InChI=1S/C27H35N5O5/c1-19-15-31(20(2)17-33)26(34)9-6-12-32-23(14-28-29-32)18-36-25(19)16-30(3)27(35)37-24-11-10-21-7-4-5-8-22(21)13-24/h4-5,7-8,10-11,13-14,19-20,25,33H,6,9,12,15-18H2,1-3H3/t19-,20-,25+/m1/s1. The van der Waals surface area contributed by atoms with Gasteiger partial charge in [-0.1, -0.05) is 42.5 Å². The van der Waals surface area contributed by atoms with E-state index in [0.717, 1.165) is 16.5 Å². The second kappa shape index (κ2) is 12.2. The Morgan fingerprint density at radius 2 is 2.05 bits per heavy atom. The minimum Gasteiger partial charge on any atom is -0.410 e. The number of hydrogen-bond acceptors (Lipinski definition) is 7. The first-order chi connectivity index (χ1) is 17.9. The Morgan fingerprint density at radius 1 is 1.27 bits per heavy atom. The smallest absolute Gasteiger partial charge is 0.410 e. The van der Waals surface area contributed by atoms with E-state index in [1.54, 1.807) is 28.9 Å². The molecule has 0 saturated carbocycles. The third-order valence-electron chi connectivity index (χ3n) is 6.83. The molecule has 1 N–H and O–H groups in total. The maximum absolute atomic E-state index is 13.0. The van der Waals surface area contributed by atoms with Crippen LogP contribution in [0.5, 0.6) is 5.75 Å². The maximum Gasteiger partial charge on any atom is 0.415 e. The first-order valence-electron chi connectivity index (χ1n) is 12.7.